The maximum absolute atomic E-state index is 12.4. The second-order valence-corrected chi connectivity index (χ2v) is 4.26. The lowest BCUT2D eigenvalue weighted by Gasteiger charge is -2.05. The lowest BCUT2D eigenvalue weighted by molar-refractivity contribution is 0.144. The quantitative estimate of drug-likeness (QED) is 0.565. The fourth-order valence-corrected chi connectivity index (χ4v) is 1.98. The molecule has 1 rings (SSSR count). The Morgan fingerprint density at radius 2 is 2.00 bits per heavy atom. The molecule has 3 nitrogen and oxygen atoms in total. The van der Waals surface area contributed by atoms with E-state index in [4.69, 9.17) is 4.74 Å². The highest BCUT2D eigenvalue weighted by Gasteiger charge is 2.25. The van der Waals surface area contributed by atoms with Crippen LogP contribution in [0, 0.1) is 0 Å². The second-order valence-electron chi connectivity index (χ2n) is 2.64. The molecule has 1 atom stereocenters. The SMILES string of the molecule is O=S(=O)(F)C1CCCOCC1. The lowest BCUT2D eigenvalue weighted by Crippen LogP contribution is -2.16. The standard InChI is InChI=1S/C6H11FO3S/c7-11(8,9)6-2-1-4-10-5-3-6/h6H,1-5H2. The Morgan fingerprint density at radius 1 is 1.27 bits per heavy atom. The molecule has 0 saturated carbocycles. The summed E-state index contributed by atoms with van der Waals surface area (Å²) in [5.41, 5.74) is 0. The molecule has 0 aliphatic carbocycles. The Morgan fingerprint density at radius 3 is 2.64 bits per heavy atom. The summed E-state index contributed by atoms with van der Waals surface area (Å²) >= 11 is 0. The van der Waals surface area contributed by atoms with E-state index in [0.29, 0.717) is 32.5 Å². The Labute approximate surface area is 65.8 Å². The molecule has 1 saturated heterocycles. The van der Waals surface area contributed by atoms with E-state index in [1.807, 2.05) is 0 Å². The van der Waals surface area contributed by atoms with Crippen molar-refractivity contribution in [1.82, 2.24) is 0 Å². The van der Waals surface area contributed by atoms with E-state index >= 15 is 0 Å². The summed E-state index contributed by atoms with van der Waals surface area (Å²) in [4.78, 5) is 0. The largest absolute Gasteiger partial charge is 0.381 e. The van der Waals surface area contributed by atoms with Crippen LogP contribution in [0.5, 0.6) is 0 Å². The fraction of sp³-hybridized carbons (Fsp3) is 1.00. The van der Waals surface area contributed by atoms with Crippen molar-refractivity contribution in [2.75, 3.05) is 13.2 Å². The van der Waals surface area contributed by atoms with Gasteiger partial charge in [0.2, 0.25) is 0 Å². The average Bonchev–Trinajstić information content (AvgIpc) is 2.10. The smallest absolute Gasteiger partial charge is 0.305 e. The molecular formula is C6H11FO3S. The highest BCUT2D eigenvalue weighted by atomic mass is 32.3. The van der Waals surface area contributed by atoms with Gasteiger partial charge in [-0.05, 0) is 19.3 Å². The van der Waals surface area contributed by atoms with Crippen LogP contribution in [0.4, 0.5) is 3.89 Å². The first-order valence-corrected chi connectivity index (χ1v) is 5.06. The van der Waals surface area contributed by atoms with Crippen molar-refractivity contribution in [2.45, 2.75) is 24.5 Å². The van der Waals surface area contributed by atoms with Crippen molar-refractivity contribution >= 4 is 10.2 Å². The third-order valence-electron chi connectivity index (χ3n) is 1.80. The minimum atomic E-state index is -4.33. The fourth-order valence-electron chi connectivity index (χ4n) is 1.16. The first kappa shape index (κ1) is 8.93. The molecule has 0 aromatic carbocycles. The summed E-state index contributed by atoms with van der Waals surface area (Å²) in [5.74, 6) is 0. The predicted molar refractivity (Wildman–Crippen MR) is 38.5 cm³/mol. The molecule has 0 amide bonds. The van der Waals surface area contributed by atoms with E-state index in [2.05, 4.69) is 0 Å². The van der Waals surface area contributed by atoms with Crippen LogP contribution in [0.3, 0.4) is 0 Å². The molecular weight excluding hydrogens is 171 g/mol. The van der Waals surface area contributed by atoms with Gasteiger partial charge < -0.3 is 4.74 Å². The third-order valence-corrected chi connectivity index (χ3v) is 3.06. The van der Waals surface area contributed by atoms with Gasteiger partial charge in [-0.3, -0.25) is 0 Å². The van der Waals surface area contributed by atoms with Crippen LogP contribution in [0.1, 0.15) is 19.3 Å². The third kappa shape index (κ3) is 2.75. The Hall–Kier alpha value is -0.160. The highest BCUT2D eigenvalue weighted by molar-refractivity contribution is 7.87. The molecule has 0 bridgehead atoms. The molecule has 5 heteroatoms. The molecule has 0 N–H and O–H groups in total. The molecule has 11 heavy (non-hydrogen) atoms. The molecule has 1 aliphatic heterocycles. The zero-order chi connectivity index (χ0) is 8.32. The molecule has 0 radical (unpaired) electrons. The molecule has 0 spiro atoms. The minimum absolute atomic E-state index is 0.291. The summed E-state index contributed by atoms with van der Waals surface area (Å²) in [7, 11) is -4.33. The van der Waals surface area contributed by atoms with Crippen molar-refractivity contribution in [3.05, 3.63) is 0 Å². The number of halogens is 1. The average molecular weight is 182 g/mol. The van der Waals surface area contributed by atoms with E-state index in [9.17, 15) is 12.3 Å². The van der Waals surface area contributed by atoms with Crippen LogP contribution < -0.4 is 0 Å². The molecule has 1 heterocycles. The molecule has 1 fully saturated rings. The van der Waals surface area contributed by atoms with E-state index in [1.165, 1.54) is 0 Å². The maximum atomic E-state index is 12.4. The summed E-state index contributed by atoms with van der Waals surface area (Å²) in [5, 5.41) is -0.829. The first-order valence-electron chi connectivity index (χ1n) is 3.62. The molecule has 0 aromatic heterocycles. The van der Waals surface area contributed by atoms with Gasteiger partial charge in [-0.15, -0.1) is 3.89 Å². The predicted octanol–water partition coefficient (Wildman–Crippen LogP) is 0.855. The van der Waals surface area contributed by atoms with E-state index in [-0.39, 0.29) is 0 Å². The summed E-state index contributed by atoms with van der Waals surface area (Å²) in [6.07, 6.45) is 1.31. The minimum Gasteiger partial charge on any atom is -0.381 e. The first-order chi connectivity index (χ1) is 5.11. The monoisotopic (exact) mass is 182 g/mol. The molecule has 1 unspecified atom stereocenters. The molecule has 1 aliphatic rings. The van der Waals surface area contributed by atoms with Crippen LogP contribution in [0.25, 0.3) is 0 Å². The van der Waals surface area contributed by atoms with E-state index < -0.39 is 15.5 Å². The van der Waals surface area contributed by atoms with Crippen molar-refractivity contribution < 1.29 is 17.0 Å². The number of hydrogen-bond donors (Lipinski definition) is 0. The van der Waals surface area contributed by atoms with Gasteiger partial charge >= 0.3 is 10.2 Å². The maximum Gasteiger partial charge on any atom is 0.305 e. The van der Waals surface area contributed by atoms with Gasteiger partial charge in [0.05, 0.1) is 5.25 Å². The van der Waals surface area contributed by atoms with Crippen LogP contribution in [0.2, 0.25) is 0 Å². The normalized spacial score (nSPS) is 27.9. The van der Waals surface area contributed by atoms with Crippen LogP contribution in [-0.4, -0.2) is 26.9 Å². The van der Waals surface area contributed by atoms with Gasteiger partial charge in [-0.1, -0.05) is 0 Å². The van der Waals surface area contributed by atoms with Crippen LogP contribution in [0.15, 0.2) is 0 Å². The van der Waals surface area contributed by atoms with Crippen LogP contribution in [-0.2, 0) is 15.0 Å². The van der Waals surface area contributed by atoms with Gasteiger partial charge in [0.25, 0.3) is 0 Å². The van der Waals surface area contributed by atoms with Crippen molar-refractivity contribution in [3.63, 3.8) is 0 Å². The highest BCUT2D eigenvalue weighted by Crippen LogP contribution is 2.17. The Kier molecular flexibility index (Phi) is 2.84. The second kappa shape index (κ2) is 3.49. The zero-order valence-electron chi connectivity index (χ0n) is 6.12. The summed E-state index contributed by atoms with van der Waals surface area (Å²) in [6.45, 7) is 0.903. The van der Waals surface area contributed by atoms with Gasteiger partial charge in [-0.2, -0.15) is 8.42 Å². The lowest BCUT2D eigenvalue weighted by atomic mass is 10.2. The number of rotatable bonds is 1. The number of hydrogen-bond acceptors (Lipinski definition) is 3. The van der Waals surface area contributed by atoms with Crippen LogP contribution >= 0.6 is 0 Å². The summed E-state index contributed by atoms with van der Waals surface area (Å²) < 4.78 is 38.2. The van der Waals surface area contributed by atoms with Gasteiger partial charge in [0.1, 0.15) is 0 Å². The van der Waals surface area contributed by atoms with Crippen molar-refractivity contribution in [2.24, 2.45) is 0 Å². The zero-order valence-corrected chi connectivity index (χ0v) is 6.94. The van der Waals surface area contributed by atoms with E-state index in [1.54, 1.807) is 0 Å². The van der Waals surface area contributed by atoms with E-state index in [0.717, 1.165) is 0 Å². The van der Waals surface area contributed by atoms with Crippen molar-refractivity contribution in [3.8, 4) is 0 Å². The summed E-state index contributed by atoms with van der Waals surface area (Å²) in [6, 6.07) is 0. The van der Waals surface area contributed by atoms with Crippen molar-refractivity contribution in [1.29, 1.82) is 0 Å². The van der Waals surface area contributed by atoms with Gasteiger partial charge in [0, 0.05) is 13.2 Å². The molecule has 66 valence electrons. The Balaban J connectivity index is 2.57. The Bertz CT molecular complexity index is 204. The van der Waals surface area contributed by atoms with Gasteiger partial charge in [-0.25, -0.2) is 0 Å². The topological polar surface area (TPSA) is 43.4 Å². The number of ether oxygens (including phenoxy) is 1. The molecule has 0 aromatic rings. The van der Waals surface area contributed by atoms with Gasteiger partial charge in [0.15, 0.2) is 0 Å².